The summed E-state index contributed by atoms with van der Waals surface area (Å²) in [6.45, 7) is 5.56. The number of likely N-dealkylation sites (tertiary alicyclic amines) is 1. The number of nitrogens with one attached hydrogen (secondary N) is 2. The van der Waals surface area contributed by atoms with Crippen LogP contribution in [0.3, 0.4) is 0 Å². The van der Waals surface area contributed by atoms with E-state index in [1.807, 2.05) is 18.7 Å². The summed E-state index contributed by atoms with van der Waals surface area (Å²) < 4.78 is 1.54. The van der Waals surface area contributed by atoms with Crippen LogP contribution in [0.1, 0.15) is 26.7 Å². The Labute approximate surface area is 133 Å². The third kappa shape index (κ3) is 2.93. The molecule has 0 aromatic carbocycles. The predicted molar refractivity (Wildman–Crippen MR) is 87.2 cm³/mol. The van der Waals surface area contributed by atoms with Gasteiger partial charge >= 0.3 is 0 Å². The van der Waals surface area contributed by atoms with Crippen molar-refractivity contribution in [3.8, 4) is 0 Å². The number of carbonyl (C=O) groups is 1. The second kappa shape index (κ2) is 6.02. The van der Waals surface area contributed by atoms with Gasteiger partial charge in [0.1, 0.15) is 11.4 Å². The number of carbonyl (C=O) groups excluding carboxylic acids is 1. The molecule has 1 atom stereocenters. The van der Waals surface area contributed by atoms with Gasteiger partial charge in [-0.2, -0.15) is 10.1 Å². The van der Waals surface area contributed by atoms with E-state index in [1.165, 1.54) is 6.20 Å². The van der Waals surface area contributed by atoms with E-state index >= 15 is 0 Å². The molecule has 2 aromatic heterocycles. The maximum Gasteiger partial charge on any atom is 0.263 e. The van der Waals surface area contributed by atoms with Crippen molar-refractivity contribution in [2.24, 2.45) is 13.0 Å². The Hall–Kier alpha value is -2.38. The Morgan fingerprint density at radius 3 is 2.70 bits per heavy atom. The minimum absolute atomic E-state index is 0.0604. The van der Waals surface area contributed by atoms with Gasteiger partial charge in [-0.25, -0.2) is 0 Å². The average molecular weight is 318 g/mol. The third-order valence-electron chi connectivity index (χ3n) is 4.24. The summed E-state index contributed by atoms with van der Waals surface area (Å²) in [6, 6.07) is -0.415. The Bertz CT molecular complexity index is 772. The minimum atomic E-state index is -0.415. The molecular formula is C15H22N6O2. The molecule has 8 nitrogen and oxygen atoms in total. The number of hydrogen-bond acceptors (Lipinski definition) is 5. The zero-order chi connectivity index (χ0) is 16.6. The molecule has 124 valence electrons. The van der Waals surface area contributed by atoms with Crippen molar-refractivity contribution in [1.82, 2.24) is 24.6 Å². The van der Waals surface area contributed by atoms with Gasteiger partial charge in [-0.1, -0.05) is 13.8 Å². The Balaban J connectivity index is 1.89. The van der Waals surface area contributed by atoms with Crippen molar-refractivity contribution >= 4 is 22.9 Å². The van der Waals surface area contributed by atoms with Crippen LogP contribution in [0.4, 0.5) is 5.95 Å². The van der Waals surface area contributed by atoms with E-state index < -0.39 is 6.04 Å². The van der Waals surface area contributed by atoms with Crippen LogP contribution in [0, 0.1) is 5.92 Å². The summed E-state index contributed by atoms with van der Waals surface area (Å²) in [7, 11) is 1.73. The molecule has 3 heterocycles. The molecule has 23 heavy (non-hydrogen) atoms. The van der Waals surface area contributed by atoms with E-state index in [0.717, 1.165) is 25.9 Å². The summed E-state index contributed by atoms with van der Waals surface area (Å²) in [5.74, 6) is 0.443. The lowest BCUT2D eigenvalue weighted by molar-refractivity contribution is -0.131. The van der Waals surface area contributed by atoms with Gasteiger partial charge in [0.25, 0.3) is 5.56 Å². The summed E-state index contributed by atoms with van der Waals surface area (Å²) in [6.07, 6.45) is 3.58. The van der Waals surface area contributed by atoms with Gasteiger partial charge in [0.15, 0.2) is 5.65 Å². The predicted octanol–water partition coefficient (Wildman–Crippen LogP) is 0.715. The Morgan fingerprint density at radius 2 is 2.04 bits per heavy atom. The van der Waals surface area contributed by atoms with Crippen LogP contribution in [0.15, 0.2) is 11.0 Å². The summed E-state index contributed by atoms with van der Waals surface area (Å²) in [4.78, 5) is 33.7. The number of nitrogens with zero attached hydrogens (tertiary/aromatic N) is 4. The van der Waals surface area contributed by atoms with E-state index in [1.54, 1.807) is 11.7 Å². The fourth-order valence-corrected chi connectivity index (χ4v) is 2.90. The molecule has 1 aliphatic heterocycles. The number of hydrogen-bond donors (Lipinski definition) is 2. The number of anilines is 1. The molecule has 2 aromatic rings. The maximum atomic E-state index is 12.7. The average Bonchev–Trinajstić information content (AvgIpc) is 3.15. The molecule has 1 saturated heterocycles. The van der Waals surface area contributed by atoms with Gasteiger partial charge in [-0.3, -0.25) is 19.3 Å². The molecule has 0 saturated carbocycles. The van der Waals surface area contributed by atoms with Gasteiger partial charge < -0.3 is 10.2 Å². The zero-order valence-corrected chi connectivity index (χ0v) is 13.7. The minimum Gasteiger partial charge on any atom is -0.344 e. The summed E-state index contributed by atoms with van der Waals surface area (Å²) >= 11 is 0. The molecule has 0 aliphatic carbocycles. The van der Waals surface area contributed by atoms with E-state index in [4.69, 9.17) is 0 Å². The summed E-state index contributed by atoms with van der Waals surface area (Å²) in [5.41, 5.74) is 0.231. The molecule has 3 rings (SSSR count). The molecule has 0 spiro atoms. The van der Waals surface area contributed by atoms with E-state index in [-0.39, 0.29) is 17.4 Å². The highest BCUT2D eigenvalue weighted by molar-refractivity contribution is 5.85. The quantitative estimate of drug-likeness (QED) is 0.866. The lowest BCUT2D eigenvalue weighted by Crippen LogP contribution is -2.45. The zero-order valence-electron chi connectivity index (χ0n) is 13.7. The molecular weight excluding hydrogens is 296 g/mol. The first-order chi connectivity index (χ1) is 11.0. The van der Waals surface area contributed by atoms with Crippen LogP contribution in [0.25, 0.3) is 11.0 Å². The number of H-pyrrole nitrogens is 1. The molecule has 2 N–H and O–H groups in total. The third-order valence-corrected chi connectivity index (χ3v) is 4.24. The van der Waals surface area contributed by atoms with Crippen molar-refractivity contribution in [2.75, 3.05) is 18.4 Å². The van der Waals surface area contributed by atoms with E-state index in [0.29, 0.717) is 17.0 Å². The van der Waals surface area contributed by atoms with Crippen LogP contribution in [-0.2, 0) is 11.8 Å². The van der Waals surface area contributed by atoms with Crippen molar-refractivity contribution in [3.05, 3.63) is 16.6 Å². The van der Waals surface area contributed by atoms with Crippen LogP contribution in [0.2, 0.25) is 0 Å². The smallest absolute Gasteiger partial charge is 0.263 e. The number of rotatable bonds is 4. The van der Waals surface area contributed by atoms with Crippen molar-refractivity contribution < 1.29 is 4.79 Å². The van der Waals surface area contributed by atoms with Gasteiger partial charge in [0, 0.05) is 20.1 Å². The largest absolute Gasteiger partial charge is 0.344 e. The number of fused-ring (bicyclic) bond motifs is 1. The lowest BCUT2D eigenvalue weighted by Gasteiger charge is -2.26. The van der Waals surface area contributed by atoms with E-state index in [9.17, 15) is 9.59 Å². The molecule has 8 heteroatoms. The fourth-order valence-electron chi connectivity index (χ4n) is 2.90. The molecule has 0 bridgehead atoms. The Kier molecular flexibility index (Phi) is 4.06. The van der Waals surface area contributed by atoms with Crippen LogP contribution >= 0.6 is 0 Å². The monoisotopic (exact) mass is 318 g/mol. The second-order valence-electron chi connectivity index (χ2n) is 6.32. The van der Waals surface area contributed by atoms with E-state index in [2.05, 4.69) is 20.4 Å². The van der Waals surface area contributed by atoms with Crippen LogP contribution in [0.5, 0.6) is 0 Å². The van der Waals surface area contributed by atoms with Crippen molar-refractivity contribution in [3.63, 3.8) is 0 Å². The first kappa shape index (κ1) is 15.5. The number of aryl methyl sites for hydroxylation is 1. The standard InChI is InChI=1S/C15H22N6O2/c1-9(2)11(14(23)21-6-4-5-7-21)17-15-18-12-10(13(22)19-15)8-16-20(12)3/h8-9,11H,4-7H2,1-3H3,(H2,17,18,19,22)/t11-/m0/s1. The van der Waals surface area contributed by atoms with Gasteiger partial charge in [-0.05, 0) is 18.8 Å². The molecule has 1 amide bonds. The molecule has 1 aliphatic rings. The van der Waals surface area contributed by atoms with Crippen molar-refractivity contribution in [2.45, 2.75) is 32.7 Å². The summed E-state index contributed by atoms with van der Waals surface area (Å²) in [5, 5.41) is 7.58. The molecule has 0 unspecified atom stereocenters. The second-order valence-corrected chi connectivity index (χ2v) is 6.32. The topological polar surface area (TPSA) is 95.9 Å². The number of aromatic amines is 1. The van der Waals surface area contributed by atoms with Gasteiger partial charge in [0.05, 0.1) is 6.20 Å². The lowest BCUT2D eigenvalue weighted by atomic mass is 10.0. The highest BCUT2D eigenvalue weighted by Crippen LogP contribution is 2.16. The highest BCUT2D eigenvalue weighted by atomic mass is 16.2. The molecule has 1 fully saturated rings. The Morgan fingerprint density at radius 1 is 1.35 bits per heavy atom. The highest BCUT2D eigenvalue weighted by Gasteiger charge is 2.29. The maximum absolute atomic E-state index is 12.7. The first-order valence-corrected chi connectivity index (χ1v) is 7.94. The number of aromatic nitrogens is 4. The first-order valence-electron chi connectivity index (χ1n) is 7.94. The van der Waals surface area contributed by atoms with Crippen molar-refractivity contribution in [1.29, 1.82) is 0 Å². The fraction of sp³-hybridized carbons (Fsp3) is 0.600. The normalized spacial score (nSPS) is 16.3. The van der Waals surface area contributed by atoms with Gasteiger partial charge in [-0.15, -0.1) is 0 Å². The van der Waals surface area contributed by atoms with Crippen LogP contribution < -0.4 is 10.9 Å². The number of amides is 1. The SMILES string of the molecule is CC(C)[C@H](Nc1nc2c(cnn2C)c(=O)[nH]1)C(=O)N1CCCC1. The van der Waals surface area contributed by atoms with Crippen LogP contribution in [-0.4, -0.2) is 49.7 Å². The molecule has 0 radical (unpaired) electrons. The van der Waals surface area contributed by atoms with Gasteiger partial charge in [0.2, 0.25) is 11.9 Å².